The molecule has 0 fully saturated rings. The molecule has 3 N–H and O–H groups in total. The lowest BCUT2D eigenvalue weighted by Crippen LogP contribution is -2.47. The van der Waals surface area contributed by atoms with Crippen molar-refractivity contribution < 1.29 is 14.3 Å². The van der Waals surface area contributed by atoms with E-state index in [-0.39, 0.29) is 18.4 Å². The molecule has 0 unspecified atom stereocenters. The molecule has 0 spiro atoms. The van der Waals surface area contributed by atoms with Gasteiger partial charge in [-0.15, -0.1) is 0 Å². The first-order chi connectivity index (χ1) is 10.6. The molecule has 2 aromatic rings. The third kappa shape index (κ3) is 3.07. The van der Waals surface area contributed by atoms with E-state index in [0.717, 1.165) is 11.3 Å². The highest BCUT2D eigenvalue weighted by Gasteiger charge is 2.26. The fourth-order valence-corrected chi connectivity index (χ4v) is 2.49. The maximum Gasteiger partial charge on any atom is 0.286 e. The predicted molar refractivity (Wildman–Crippen MR) is 80.5 cm³/mol. The standard InChI is InChI=1S/C15H14ClN3O3/c16-11-3-4-13-9(7-11)6-10(8-22-13)14(20)18-19-15(21)12-2-1-5-17-12/h1-5,7,10,17H,6,8H2,(H,18,20)(H,19,21)/t10-/m0/s1. The normalized spacial score (nSPS) is 16.3. The average Bonchev–Trinajstić information content (AvgIpc) is 3.06. The van der Waals surface area contributed by atoms with Crippen LogP contribution in [0.2, 0.25) is 5.02 Å². The largest absolute Gasteiger partial charge is 0.492 e. The summed E-state index contributed by atoms with van der Waals surface area (Å²) < 4.78 is 5.55. The number of carbonyl (C=O) groups excluding carboxylic acids is 2. The maximum absolute atomic E-state index is 12.1. The molecule has 0 saturated carbocycles. The van der Waals surface area contributed by atoms with Crippen molar-refractivity contribution in [3.05, 3.63) is 52.8 Å². The molecule has 1 aromatic heterocycles. The fourth-order valence-electron chi connectivity index (χ4n) is 2.29. The zero-order chi connectivity index (χ0) is 15.5. The van der Waals surface area contributed by atoms with Gasteiger partial charge in [0.2, 0.25) is 5.91 Å². The number of carbonyl (C=O) groups is 2. The average molecular weight is 320 g/mol. The molecular formula is C15H14ClN3O3. The van der Waals surface area contributed by atoms with Crippen LogP contribution in [0.4, 0.5) is 0 Å². The van der Waals surface area contributed by atoms with Gasteiger partial charge in [-0.3, -0.25) is 20.4 Å². The van der Waals surface area contributed by atoms with Crippen LogP contribution in [0.25, 0.3) is 0 Å². The van der Waals surface area contributed by atoms with Gasteiger partial charge < -0.3 is 9.72 Å². The number of H-pyrrole nitrogens is 1. The first-order valence-corrected chi connectivity index (χ1v) is 7.16. The predicted octanol–water partition coefficient (Wildman–Crippen LogP) is 1.68. The highest BCUT2D eigenvalue weighted by atomic mass is 35.5. The molecule has 6 nitrogen and oxygen atoms in total. The van der Waals surface area contributed by atoms with Crippen molar-refractivity contribution in [3.63, 3.8) is 0 Å². The van der Waals surface area contributed by atoms with Crippen molar-refractivity contribution >= 4 is 23.4 Å². The van der Waals surface area contributed by atoms with Crippen LogP contribution in [-0.2, 0) is 11.2 Å². The quantitative estimate of drug-likeness (QED) is 0.736. The number of rotatable bonds is 2. The number of hydrogen-bond acceptors (Lipinski definition) is 3. The summed E-state index contributed by atoms with van der Waals surface area (Å²) >= 11 is 5.95. The number of aromatic nitrogens is 1. The van der Waals surface area contributed by atoms with Crippen LogP contribution in [0.3, 0.4) is 0 Å². The summed E-state index contributed by atoms with van der Waals surface area (Å²) in [7, 11) is 0. The van der Waals surface area contributed by atoms with Crippen LogP contribution in [0, 0.1) is 5.92 Å². The Morgan fingerprint density at radius 1 is 1.27 bits per heavy atom. The Morgan fingerprint density at radius 2 is 2.14 bits per heavy atom. The molecule has 2 amide bonds. The van der Waals surface area contributed by atoms with Crippen molar-refractivity contribution in [1.29, 1.82) is 0 Å². The van der Waals surface area contributed by atoms with E-state index in [1.807, 2.05) is 0 Å². The minimum atomic E-state index is -0.404. The zero-order valence-corrected chi connectivity index (χ0v) is 12.3. The van der Waals surface area contributed by atoms with Crippen molar-refractivity contribution in [1.82, 2.24) is 15.8 Å². The van der Waals surface area contributed by atoms with Gasteiger partial charge in [0.15, 0.2) is 0 Å². The summed E-state index contributed by atoms with van der Waals surface area (Å²) in [4.78, 5) is 26.6. The van der Waals surface area contributed by atoms with E-state index in [4.69, 9.17) is 16.3 Å². The van der Waals surface area contributed by atoms with Gasteiger partial charge in [-0.2, -0.15) is 0 Å². The fraction of sp³-hybridized carbons (Fsp3) is 0.200. The Kier molecular flexibility index (Phi) is 4.02. The maximum atomic E-state index is 12.1. The number of aromatic amines is 1. The number of ether oxygens (including phenoxy) is 1. The molecule has 1 aliphatic heterocycles. The van der Waals surface area contributed by atoms with Crippen LogP contribution in [-0.4, -0.2) is 23.4 Å². The highest BCUT2D eigenvalue weighted by molar-refractivity contribution is 6.30. The van der Waals surface area contributed by atoms with Crippen molar-refractivity contribution in [3.8, 4) is 5.75 Å². The van der Waals surface area contributed by atoms with E-state index < -0.39 is 5.91 Å². The van der Waals surface area contributed by atoms with E-state index >= 15 is 0 Å². The van der Waals surface area contributed by atoms with Gasteiger partial charge in [-0.05, 0) is 42.3 Å². The molecule has 114 valence electrons. The molecule has 3 rings (SSSR count). The van der Waals surface area contributed by atoms with E-state index in [1.165, 1.54) is 0 Å². The number of benzene rings is 1. The van der Waals surface area contributed by atoms with Crippen LogP contribution in [0.1, 0.15) is 16.1 Å². The van der Waals surface area contributed by atoms with Gasteiger partial charge in [0.25, 0.3) is 5.91 Å². The summed E-state index contributed by atoms with van der Waals surface area (Å²) in [5.74, 6) is -0.345. The monoisotopic (exact) mass is 319 g/mol. The second kappa shape index (κ2) is 6.11. The Morgan fingerprint density at radius 3 is 2.91 bits per heavy atom. The molecule has 2 heterocycles. The van der Waals surface area contributed by atoms with Crippen molar-refractivity contribution in [2.75, 3.05) is 6.61 Å². The molecule has 1 aliphatic rings. The number of hydrogen-bond donors (Lipinski definition) is 3. The van der Waals surface area contributed by atoms with E-state index in [9.17, 15) is 9.59 Å². The molecule has 0 radical (unpaired) electrons. The Balaban J connectivity index is 1.58. The van der Waals surface area contributed by atoms with Gasteiger partial charge in [-0.1, -0.05) is 11.6 Å². The Bertz CT molecular complexity index is 700. The minimum absolute atomic E-state index is 0.263. The molecule has 0 aliphatic carbocycles. The second-order valence-corrected chi connectivity index (χ2v) is 5.43. The third-order valence-electron chi connectivity index (χ3n) is 3.44. The van der Waals surface area contributed by atoms with E-state index in [2.05, 4.69) is 15.8 Å². The molecule has 0 saturated heterocycles. The molecule has 1 aromatic carbocycles. The van der Waals surface area contributed by atoms with Gasteiger partial charge in [0, 0.05) is 11.2 Å². The number of hydrazine groups is 1. The summed E-state index contributed by atoms with van der Waals surface area (Å²) in [5.41, 5.74) is 6.04. The van der Waals surface area contributed by atoms with E-state index in [0.29, 0.717) is 17.1 Å². The van der Waals surface area contributed by atoms with E-state index in [1.54, 1.807) is 36.5 Å². The highest BCUT2D eigenvalue weighted by Crippen LogP contribution is 2.29. The van der Waals surface area contributed by atoms with Crippen LogP contribution in [0.5, 0.6) is 5.75 Å². The van der Waals surface area contributed by atoms with Gasteiger partial charge in [-0.25, -0.2) is 0 Å². The SMILES string of the molecule is O=C(NNC(=O)[C@@H]1COc2ccc(Cl)cc2C1)c1ccc[nH]1. The zero-order valence-electron chi connectivity index (χ0n) is 11.6. The molecule has 22 heavy (non-hydrogen) atoms. The lowest BCUT2D eigenvalue weighted by molar-refractivity contribution is -0.127. The second-order valence-electron chi connectivity index (χ2n) is 4.99. The van der Waals surface area contributed by atoms with Gasteiger partial charge in [0.05, 0.1) is 5.92 Å². The van der Waals surface area contributed by atoms with Gasteiger partial charge in [0.1, 0.15) is 18.1 Å². The first kappa shape index (κ1) is 14.5. The molecular weight excluding hydrogens is 306 g/mol. The number of fused-ring (bicyclic) bond motifs is 1. The van der Waals surface area contributed by atoms with Gasteiger partial charge >= 0.3 is 0 Å². The smallest absolute Gasteiger partial charge is 0.286 e. The summed E-state index contributed by atoms with van der Waals surface area (Å²) in [6.45, 7) is 0.263. The number of nitrogens with one attached hydrogen (secondary N) is 3. The molecule has 0 bridgehead atoms. The minimum Gasteiger partial charge on any atom is -0.492 e. The Labute approximate surface area is 131 Å². The summed E-state index contributed by atoms with van der Waals surface area (Å²) in [6, 6.07) is 8.64. The lowest BCUT2D eigenvalue weighted by Gasteiger charge is -2.24. The lowest BCUT2D eigenvalue weighted by atomic mass is 9.96. The molecule has 7 heteroatoms. The van der Waals surface area contributed by atoms with Crippen molar-refractivity contribution in [2.45, 2.75) is 6.42 Å². The topological polar surface area (TPSA) is 83.2 Å². The summed E-state index contributed by atoms with van der Waals surface area (Å²) in [5, 5.41) is 0.600. The summed E-state index contributed by atoms with van der Waals surface area (Å²) in [6.07, 6.45) is 2.15. The van der Waals surface area contributed by atoms with Crippen LogP contribution >= 0.6 is 11.6 Å². The molecule has 1 atom stereocenters. The number of halogens is 1. The number of amides is 2. The van der Waals surface area contributed by atoms with Crippen LogP contribution < -0.4 is 15.6 Å². The Hall–Kier alpha value is -2.47. The van der Waals surface area contributed by atoms with Crippen molar-refractivity contribution in [2.24, 2.45) is 5.92 Å². The first-order valence-electron chi connectivity index (χ1n) is 6.78. The van der Waals surface area contributed by atoms with Crippen LogP contribution in [0.15, 0.2) is 36.5 Å². The third-order valence-corrected chi connectivity index (χ3v) is 3.68.